The van der Waals surface area contributed by atoms with Gasteiger partial charge in [0.15, 0.2) is 0 Å². The van der Waals surface area contributed by atoms with Crippen molar-refractivity contribution in [2.75, 3.05) is 31.1 Å². The largest absolute Gasteiger partial charge is 0.368 e. The Labute approximate surface area is 191 Å². The number of carbonyl (C=O) groups excluding carboxylic acids is 2. The molecule has 8 nitrogen and oxygen atoms in total. The number of anilines is 1. The maximum atomic E-state index is 13.5. The molecule has 1 saturated heterocycles. The maximum Gasteiger partial charge on any atom is 0.265 e. The van der Waals surface area contributed by atoms with E-state index in [9.17, 15) is 14.4 Å². The summed E-state index contributed by atoms with van der Waals surface area (Å²) in [5.41, 5.74) is 3.47. The van der Waals surface area contributed by atoms with Crippen LogP contribution in [0.4, 0.5) is 5.69 Å². The summed E-state index contributed by atoms with van der Waals surface area (Å²) in [6, 6.07) is 11.4. The predicted octanol–water partition coefficient (Wildman–Crippen LogP) is 2.25. The molecule has 2 heterocycles. The molecule has 0 unspecified atom stereocenters. The van der Waals surface area contributed by atoms with E-state index in [1.165, 1.54) is 10.9 Å². The van der Waals surface area contributed by atoms with Crippen molar-refractivity contribution >= 4 is 28.4 Å². The highest BCUT2D eigenvalue weighted by Crippen LogP contribution is 2.23. The minimum Gasteiger partial charge on any atom is -0.368 e. The number of rotatable bonds is 4. The van der Waals surface area contributed by atoms with Crippen molar-refractivity contribution in [2.45, 2.75) is 32.7 Å². The number of piperazine rings is 1. The Hall–Kier alpha value is -3.68. The number of benzene rings is 2. The number of aromatic nitrogens is 2. The topological polar surface area (TPSA) is 87.5 Å². The molecule has 2 aromatic carbocycles. The molecule has 3 aromatic rings. The van der Waals surface area contributed by atoms with Crippen molar-refractivity contribution in [1.29, 1.82) is 0 Å². The van der Waals surface area contributed by atoms with E-state index in [4.69, 9.17) is 0 Å². The average Bonchev–Trinajstić information content (AvgIpc) is 3.64. The smallest absolute Gasteiger partial charge is 0.265 e. The lowest BCUT2D eigenvalue weighted by molar-refractivity contribution is -0.129. The van der Waals surface area contributed by atoms with Crippen molar-refractivity contribution in [3.8, 4) is 5.69 Å². The number of amides is 2. The first kappa shape index (κ1) is 21.2. The predicted molar refractivity (Wildman–Crippen MR) is 127 cm³/mol. The molecule has 2 amide bonds. The van der Waals surface area contributed by atoms with Gasteiger partial charge in [-0.1, -0.05) is 6.07 Å². The Morgan fingerprint density at radius 3 is 2.48 bits per heavy atom. The quantitative estimate of drug-likeness (QED) is 0.666. The molecule has 8 heteroatoms. The summed E-state index contributed by atoms with van der Waals surface area (Å²) in [7, 11) is 0. The number of hydrogen-bond donors (Lipinski definition) is 1. The van der Waals surface area contributed by atoms with Crippen molar-refractivity contribution < 1.29 is 9.59 Å². The summed E-state index contributed by atoms with van der Waals surface area (Å²) in [5.74, 6) is -0.0313. The van der Waals surface area contributed by atoms with Crippen LogP contribution in [0.1, 0.15) is 35.7 Å². The fourth-order valence-corrected chi connectivity index (χ4v) is 4.26. The highest BCUT2D eigenvalue weighted by Gasteiger charge is 2.24. The van der Waals surface area contributed by atoms with Gasteiger partial charge >= 0.3 is 0 Å². The van der Waals surface area contributed by atoms with E-state index in [0.29, 0.717) is 35.2 Å². The average molecular weight is 446 g/mol. The molecule has 1 aromatic heterocycles. The van der Waals surface area contributed by atoms with Gasteiger partial charge in [0.25, 0.3) is 11.5 Å². The van der Waals surface area contributed by atoms with E-state index >= 15 is 0 Å². The van der Waals surface area contributed by atoms with Crippen LogP contribution in [0.2, 0.25) is 0 Å². The van der Waals surface area contributed by atoms with Crippen LogP contribution in [0.5, 0.6) is 0 Å². The number of carbonyl (C=O) groups is 2. The van der Waals surface area contributed by atoms with Gasteiger partial charge in [-0.3, -0.25) is 19.0 Å². The number of hydrogen-bond acceptors (Lipinski definition) is 5. The highest BCUT2D eigenvalue weighted by atomic mass is 16.2. The molecule has 0 bridgehead atoms. The summed E-state index contributed by atoms with van der Waals surface area (Å²) in [5, 5.41) is 3.52. The molecule has 0 spiro atoms. The molecular weight excluding hydrogens is 418 g/mol. The third kappa shape index (κ3) is 4.20. The third-order valence-corrected chi connectivity index (χ3v) is 6.48. The fraction of sp³-hybridized carbons (Fsp3) is 0.360. The second kappa shape index (κ2) is 8.35. The first-order chi connectivity index (χ1) is 15.9. The van der Waals surface area contributed by atoms with Gasteiger partial charge in [0, 0.05) is 50.4 Å². The number of fused-ring (bicyclic) bond motifs is 1. The number of aryl methyl sites for hydroxylation is 1. The minimum atomic E-state index is -0.174. The minimum absolute atomic E-state index is 0.0867. The molecular formula is C25H27N5O3. The standard InChI is InChI=1S/C25H27N5O3/c1-16-3-4-18(24(32)27-19-5-6-19)13-23(16)30-15-26-22-8-7-20(14-21(22)25(30)33)29-11-9-28(10-12-29)17(2)31/h3-4,7-8,13-15,19H,5-6,9-12H2,1-2H3,(H,27,32). The van der Waals surface area contributed by atoms with Gasteiger partial charge in [-0.05, 0) is 55.7 Å². The Bertz CT molecular complexity index is 1300. The van der Waals surface area contributed by atoms with Crippen LogP contribution in [0, 0.1) is 6.92 Å². The van der Waals surface area contributed by atoms with Crippen LogP contribution in [-0.2, 0) is 4.79 Å². The van der Waals surface area contributed by atoms with E-state index in [1.807, 2.05) is 36.1 Å². The van der Waals surface area contributed by atoms with Gasteiger partial charge in [0.05, 0.1) is 16.6 Å². The number of nitrogens with zero attached hydrogens (tertiary/aromatic N) is 4. The summed E-state index contributed by atoms with van der Waals surface area (Å²) in [6.07, 6.45) is 3.57. The Balaban J connectivity index is 1.49. The van der Waals surface area contributed by atoms with Crippen molar-refractivity contribution in [3.05, 3.63) is 64.2 Å². The highest BCUT2D eigenvalue weighted by molar-refractivity contribution is 5.95. The molecule has 0 radical (unpaired) electrons. The molecule has 2 aliphatic rings. The number of nitrogens with one attached hydrogen (secondary N) is 1. The second-order valence-electron chi connectivity index (χ2n) is 8.86. The third-order valence-electron chi connectivity index (χ3n) is 6.48. The zero-order valence-electron chi connectivity index (χ0n) is 18.9. The van der Waals surface area contributed by atoms with Gasteiger partial charge in [0.1, 0.15) is 6.33 Å². The van der Waals surface area contributed by atoms with Crippen molar-refractivity contribution in [2.24, 2.45) is 0 Å². The molecule has 1 aliphatic heterocycles. The molecule has 33 heavy (non-hydrogen) atoms. The van der Waals surface area contributed by atoms with Gasteiger partial charge < -0.3 is 15.1 Å². The van der Waals surface area contributed by atoms with E-state index in [1.54, 1.807) is 19.1 Å². The normalized spacial score (nSPS) is 16.2. The molecule has 170 valence electrons. The van der Waals surface area contributed by atoms with Gasteiger partial charge in [-0.15, -0.1) is 0 Å². The van der Waals surface area contributed by atoms with E-state index in [0.717, 1.165) is 37.2 Å². The molecule has 5 rings (SSSR count). The van der Waals surface area contributed by atoms with Crippen LogP contribution >= 0.6 is 0 Å². The summed E-state index contributed by atoms with van der Waals surface area (Å²) < 4.78 is 1.52. The van der Waals surface area contributed by atoms with Gasteiger partial charge in [0.2, 0.25) is 5.91 Å². The first-order valence-corrected chi connectivity index (χ1v) is 11.3. The SMILES string of the molecule is CC(=O)N1CCN(c2ccc3ncn(-c4cc(C(=O)NC5CC5)ccc4C)c(=O)c3c2)CC1. The first-order valence-electron chi connectivity index (χ1n) is 11.3. The fourth-order valence-electron chi connectivity index (χ4n) is 4.26. The van der Waals surface area contributed by atoms with Gasteiger partial charge in [-0.25, -0.2) is 4.98 Å². The van der Waals surface area contributed by atoms with Crippen LogP contribution in [0.15, 0.2) is 47.5 Å². The van der Waals surface area contributed by atoms with Crippen LogP contribution in [0.3, 0.4) is 0 Å². The summed E-state index contributed by atoms with van der Waals surface area (Å²) in [6.45, 7) is 6.28. The molecule has 2 fully saturated rings. The van der Waals surface area contributed by atoms with Crippen LogP contribution < -0.4 is 15.8 Å². The monoisotopic (exact) mass is 445 g/mol. The molecule has 1 aliphatic carbocycles. The zero-order chi connectivity index (χ0) is 23.1. The molecule has 1 N–H and O–H groups in total. The lowest BCUT2D eigenvalue weighted by Gasteiger charge is -2.35. The lowest BCUT2D eigenvalue weighted by Crippen LogP contribution is -2.48. The lowest BCUT2D eigenvalue weighted by atomic mass is 10.1. The summed E-state index contributed by atoms with van der Waals surface area (Å²) in [4.78, 5) is 46.1. The maximum absolute atomic E-state index is 13.5. The second-order valence-corrected chi connectivity index (χ2v) is 8.86. The van der Waals surface area contributed by atoms with E-state index in [-0.39, 0.29) is 23.4 Å². The Kier molecular flexibility index (Phi) is 5.36. The molecule has 1 saturated carbocycles. The van der Waals surface area contributed by atoms with Crippen molar-refractivity contribution in [3.63, 3.8) is 0 Å². The van der Waals surface area contributed by atoms with Gasteiger partial charge in [-0.2, -0.15) is 0 Å². The summed E-state index contributed by atoms with van der Waals surface area (Å²) >= 11 is 0. The Morgan fingerprint density at radius 1 is 1.03 bits per heavy atom. The Morgan fingerprint density at radius 2 is 1.79 bits per heavy atom. The van der Waals surface area contributed by atoms with E-state index < -0.39 is 0 Å². The van der Waals surface area contributed by atoms with Crippen LogP contribution in [0.25, 0.3) is 16.6 Å². The molecule has 0 atom stereocenters. The van der Waals surface area contributed by atoms with Crippen LogP contribution in [-0.4, -0.2) is 58.5 Å². The zero-order valence-corrected chi connectivity index (χ0v) is 18.9. The van der Waals surface area contributed by atoms with Crippen molar-refractivity contribution in [1.82, 2.24) is 19.8 Å². The van der Waals surface area contributed by atoms with E-state index in [2.05, 4.69) is 15.2 Å².